The standard InChI is InChI=1S/C33H25N5O2/c1-22(35-32(39)29-23(2)36-37-20-10-19-34-31(29)37)28-21-26-14-9-13-25(18-17-24-11-5-3-6-12-24)30(26)33(40)38(28)27-15-7-4-8-16-27/h3-16,19-22H,1-2H3,(H,35,39)/t22-/m0/s1. The maximum Gasteiger partial charge on any atom is 0.264 e. The lowest BCUT2D eigenvalue weighted by Crippen LogP contribution is -2.32. The molecule has 0 aliphatic rings. The average Bonchev–Trinajstić information content (AvgIpc) is 3.32. The van der Waals surface area contributed by atoms with E-state index >= 15 is 0 Å². The molecule has 6 aromatic rings. The molecule has 7 nitrogen and oxygen atoms in total. The zero-order valence-electron chi connectivity index (χ0n) is 22.0. The Hall–Kier alpha value is -5.48. The number of para-hydroxylation sites is 1. The predicted octanol–water partition coefficient (Wildman–Crippen LogP) is 5.23. The summed E-state index contributed by atoms with van der Waals surface area (Å²) in [4.78, 5) is 32.0. The van der Waals surface area contributed by atoms with Crippen molar-refractivity contribution >= 4 is 22.3 Å². The highest BCUT2D eigenvalue weighted by molar-refractivity contribution is 6.01. The molecule has 40 heavy (non-hydrogen) atoms. The van der Waals surface area contributed by atoms with Crippen LogP contribution in [0.25, 0.3) is 22.1 Å². The molecule has 0 radical (unpaired) electrons. The lowest BCUT2D eigenvalue weighted by molar-refractivity contribution is 0.0939. The smallest absolute Gasteiger partial charge is 0.264 e. The number of hydrogen-bond donors (Lipinski definition) is 1. The highest BCUT2D eigenvalue weighted by atomic mass is 16.2. The SMILES string of the molecule is Cc1nn2cccnc2c1C(=O)N[C@@H](C)c1cc2cccc(C#Cc3ccccc3)c2c(=O)n1-c1ccccc1. The number of fused-ring (bicyclic) bond motifs is 2. The molecule has 6 rings (SSSR count). The maximum atomic E-state index is 14.2. The number of carbonyl (C=O) groups is 1. The summed E-state index contributed by atoms with van der Waals surface area (Å²) in [6.07, 6.45) is 3.38. The van der Waals surface area contributed by atoms with Crippen molar-refractivity contribution in [2.45, 2.75) is 19.9 Å². The summed E-state index contributed by atoms with van der Waals surface area (Å²) in [5, 5.41) is 8.76. The molecule has 3 aromatic heterocycles. The Balaban J connectivity index is 1.48. The van der Waals surface area contributed by atoms with E-state index in [4.69, 9.17) is 0 Å². The third-order valence-corrected chi connectivity index (χ3v) is 6.79. The van der Waals surface area contributed by atoms with Crippen LogP contribution in [0.4, 0.5) is 0 Å². The van der Waals surface area contributed by atoms with Gasteiger partial charge in [-0.3, -0.25) is 14.2 Å². The number of pyridine rings is 1. The number of nitrogens with one attached hydrogen (secondary N) is 1. The molecule has 7 heteroatoms. The van der Waals surface area contributed by atoms with Gasteiger partial charge in [0, 0.05) is 34.9 Å². The van der Waals surface area contributed by atoms with Crippen LogP contribution in [0.5, 0.6) is 0 Å². The number of rotatable bonds is 4. The molecule has 3 heterocycles. The minimum absolute atomic E-state index is 0.202. The quantitative estimate of drug-likeness (QED) is 0.321. The highest BCUT2D eigenvalue weighted by Gasteiger charge is 2.23. The molecule has 1 atom stereocenters. The summed E-state index contributed by atoms with van der Waals surface area (Å²) >= 11 is 0. The van der Waals surface area contributed by atoms with Gasteiger partial charge in [0.15, 0.2) is 5.65 Å². The lowest BCUT2D eigenvalue weighted by atomic mass is 10.0. The van der Waals surface area contributed by atoms with Crippen molar-refractivity contribution in [3.05, 3.63) is 142 Å². The summed E-state index contributed by atoms with van der Waals surface area (Å²) in [5.74, 6) is 6.05. The zero-order chi connectivity index (χ0) is 27.6. The maximum absolute atomic E-state index is 14.2. The van der Waals surface area contributed by atoms with Crippen molar-refractivity contribution in [2.24, 2.45) is 0 Å². The fourth-order valence-corrected chi connectivity index (χ4v) is 4.91. The summed E-state index contributed by atoms with van der Waals surface area (Å²) in [5.41, 5.74) is 4.11. The molecule has 1 amide bonds. The fourth-order valence-electron chi connectivity index (χ4n) is 4.91. The van der Waals surface area contributed by atoms with Crippen LogP contribution in [0.1, 0.15) is 45.8 Å². The Kier molecular flexibility index (Phi) is 6.43. The number of nitrogens with zero attached hydrogens (tertiary/aromatic N) is 4. The van der Waals surface area contributed by atoms with Gasteiger partial charge >= 0.3 is 0 Å². The monoisotopic (exact) mass is 523 g/mol. The van der Waals surface area contributed by atoms with E-state index in [0.717, 1.165) is 10.9 Å². The first-order valence-electron chi connectivity index (χ1n) is 12.9. The Labute approximate surface area is 230 Å². The van der Waals surface area contributed by atoms with E-state index in [2.05, 4.69) is 27.2 Å². The first-order chi connectivity index (χ1) is 19.5. The molecule has 0 saturated carbocycles. The van der Waals surface area contributed by atoms with E-state index in [1.165, 1.54) is 0 Å². The summed E-state index contributed by atoms with van der Waals surface area (Å²) in [6, 6.07) is 27.9. The molecule has 0 aliphatic carbocycles. The average molecular weight is 524 g/mol. The molecule has 0 aliphatic heterocycles. The number of carbonyl (C=O) groups excluding carboxylic acids is 1. The van der Waals surface area contributed by atoms with Crippen LogP contribution in [-0.2, 0) is 0 Å². The van der Waals surface area contributed by atoms with Crippen LogP contribution < -0.4 is 10.9 Å². The van der Waals surface area contributed by atoms with Gasteiger partial charge in [-0.1, -0.05) is 60.4 Å². The summed E-state index contributed by atoms with van der Waals surface area (Å²) < 4.78 is 3.24. The van der Waals surface area contributed by atoms with E-state index in [0.29, 0.717) is 39.2 Å². The second-order valence-electron chi connectivity index (χ2n) is 9.47. The second kappa shape index (κ2) is 10.4. The summed E-state index contributed by atoms with van der Waals surface area (Å²) in [6.45, 7) is 3.65. The van der Waals surface area contributed by atoms with Gasteiger partial charge in [-0.15, -0.1) is 0 Å². The third-order valence-electron chi connectivity index (χ3n) is 6.79. The lowest BCUT2D eigenvalue weighted by Gasteiger charge is -2.21. The molecule has 0 saturated heterocycles. The molecule has 0 spiro atoms. The van der Waals surface area contributed by atoms with E-state index in [1.54, 1.807) is 34.5 Å². The Morgan fingerprint density at radius 3 is 2.45 bits per heavy atom. The van der Waals surface area contributed by atoms with Gasteiger partial charge in [0.05, 0.1) is 17.1 Å². The van der Waals surface area contributed by atoms with Crippen LogP contribution in [-0.4, -0.2) is 25.1 Å². The minimum atomic E-state index is -0.512. The largest absolute Gasteiger partial charge is 0.344 e. The first-order valence-corrected chi connectivity index (χ1v) is 12.9. The number of amides is 1. The molecular formula is C33H25N5O2. The van der Waals surface area contributed by atoms with Crippen molar-refractivity contribution in [1.82, 2.24) is 24.5 Å². The Bertz CT molecular complexity index is 2000. The summed E-state index contributed by atoms with van der Waals surface area (Å²) in [7, 11) is 0. The number of aromatic nitrogens is 4. The van der Waals surface area contributed by atoms with Crippen LogP contribution in [0.15, 0.2) is 108 Å². The van der Waals surface area contributed by atoms with E-state index in [-0.39, 0.29) is 11.5 Å². The molecule has 0 unspecified atom stereocenters. The predicted molar refractivity (Wildman–Crippen MR) is 156 cm³/mol. The van der Waals surface area contributed by atoms with Crippen molar-refractivity contribution < 1.29 is 4.79 Å². The van der Waals surface area contributed by atoms with Gasteiger partial charge in [-0.05, 0) is 61.7 Å². The van der Waals surface area contributed by atoms with E-state index in [1.807, 2.05) is 91.9 Å². The van der Waals surface area contributed by atoms with Crippen LogP contribution in [0, 0.1) is 18.8 Å². The van der Waals surface area contributed by atoms with Gasteiger partial charge < -0.3 is 5.32 Å². The molecule has 0 bridgehead atoms. The number of aryl methyl sites for hydroxylation is 1. The van der Waals surface area contributed by atoms with Crippen molar-refractivity contribution in [3.63, 3.8) is 0 Å². The van der Waals surface area contributed by atoms with E-state index < -0.39 is 6.04 Å². The molecule has 0 fully saturated rings. The van der Waals surface area contributed by atoms with Gasteiger partial charge in [0.1, 0.15) is 5.56 Å². The molecule has 1 N–H and O–H groups in total. The zero-order valence-corrected chi connectivity index (χ0v) is 22.0. The topological polar surface area (TPSA) is 81.3 Å². The first kappa shape index (κ1) is 24.8. The minimum Gasteiger partial charge on any atom is -0.344 e. The van der Waals surface area contributed by atoms with Gasteiger partial charge in [0.25, 0.3) is 11.5 Å². The van der Waals surface area contributed by atoms with Crippen molar-refractivity contribution in [3.8, 4) is 17.5 Å². The van der Waals surface area contributed by atoms with Crippen LogP contribution in [0.2, 0.25) is 0 Å². The number of hydrogen-bond acceptors (Lipinski definition) is 4. The normalized spacial score (nSPS) is 11.7. The van der Waals surface area contributed by atoms with Crippen LogP contribution >= 0.6 is 0 Å². The van der Waals surface area contributed by atoms with Gasteiger partial charge in [-0.2, -0.15) is 5.10 Å². The van der Waals surface area contributed by atoms with Crippen molar-refractivity contribution in [1.29, 1.82) is 0 Å². The van der Waals surface area contributed by atoms with Gasteiger partial charge in [-0.25, -0.2) is 9.50 Å². The Morgan fingerprint density at radius 1 is 0.925 bits per heavy atom. The van der Waals surface area contributed by atoms with Crippen molar-refractivity contribution in [2.75, 3.05) is 0 Å². The number of benzene rings is 3. The molecule has 194 valence electrons. The van der Waals surface area contributed by atoms with Crippen LogP contribution in [0.3, 0.4) is 0 Å². The van der Waals surface area contributed by atoms with Gasteiger partial charge in [0.2, 0.25) is 0 Å². The highest BCUT2D eigenvalue weighted by Crippen LogP contribution is 2.24. The third kappa shape index (κ3) is 4.52. The van der Waals surface area contributed by atoms with E-state index in [9.17, 15) is 9.59 Å². The molecule has 3 aromatic carbocycles. The second-order valence-corrected chi connectivity index (χ2v) is 9.47. The Morgan fingerprint density at radius 2 is 1.68 bits per heavy atom. The molecular weight excluding hydrogens is 498 g/mol. The fraction of sp³-hybridized carbons (Fsp3) is 0.0909.